The van der Waals surface area contributed by atoms with E-state index in [0.717, 1.165) is 17.7 Å². The van der Waals surface area contributed by atoms with Gasteiger partial charge in [-0.05, 0) is 37.1 Å². The highest BCUT2D eigenvalue weighted by Gasteiger charge is 2.13. The van der Waals surface area contributed by atoms with Crippen molar-refractivity contribution in [3.63, 3.8) is 0 Å². The lowest BCUT2D eigenvalue weighted by Crippen LogP contribution is -2.31. The zero-order chi connectivity index (χ0) is 16.7. The van der Waals surface area contributed by atoms with Gasteiger partial charge in [0.2, 0.25) is 0 Å². The highest BCUT2D eigenvalue weighted by molar-refractivity contribution is 5.78. The molecule has 0 aromatic heterocycles. The average molecular weight is 313 g/mol. The molecule has 0 bridgehead atoms. The third kappa shape index (κ3) is 4.74. The van der Waals surface area contributed by atoms with Gasteiger partial charge in [-0.2, -0.15) is 0 Å². The van der Waals surface area contributed by atoms with Crippen molar-refractivity contribution in [2.45, 2.75) is 26.3 Å². The standard InChI is InChI=1S/C19H23NO3/c1-4-15-9-11-16(12-10-15)23-13-19(21)20-14(2)17-7-5-6-8-18(17)22-3/h5-12,14H,4,13H2,1-3H3,(H,20,21)/t14-/m1/s1. The number of para-hydroxylation sites is 1. The van der Waals surface area contributed by atoms with Crippen LogP contribution in [0.3, 0.4) is 0 Å². The first-order chi connectivity index (χ1) is 11.1. The topological polar surface area (TPSA) is 47.6 Å². The van der Waals surface area contributed by atoms with Crippen molar-refractivity contribution in [1.29, 1.82) is 0 Å². The van der Waals surface area contributed by atoms with Gasteiger partial charge < -0.3 is 14.8 Å². The Morgan fingerprint density at radius 3 is 2.48 bits per heavy atom. The van der Waals surface area contributed by atoms with Crippen LogP contribution in [0, 0.1) is 0 Å². The maximum atomic E-state index is 12.0. The third-order valence-electron chi connectivity index (χ3n) is 3.68. The summed E-state index contributed by atoms with van der Waals surface area (Å²) in [6.45, 7) is 4.01. The number of carbonyl (C=O) groups excluding carboxylic acids is 1. The largest absolute Gasteiger partial charge is 0.496 e. The van der Waals surface area contributed by atoms with Crippen LogP contribution in [0.15, 0.2) is 48.5 Å². The lowest BCUT2D eigenvalue weighted by molar-refractivity contribution is -0.123. The number of methoxy groups -OCH3 is 1. The molecule has 1 atom stereocenters. The molecule has 0 radical (unpaired) electrons. The van der Waals surface area contributed by atoms with Crippen LogP contribution >= 0.6 is 0 Å². The summed E-state index contributed by atoms with van der Waals surface area (Å²) in [5, 5.41) is 2.92. The van der Waals surface area contributed by atoms with Gasteiger partial charge in [0.15, 0.2) is 6.61 Å². The van der Waals surface area contributed by atoms with Gasteiger partial charge in [0.05, 0.1) is 13.2 Å². The molecule has 4 heteroatoms. The van der Waals surface area contributed by atoms with E-state index in [4.69, 9.17) is 9.47 Å². The number of rotatable bonds is 7. The van der Waals surface area contributed by atoms with E-state index in [9.17, 15) is 4.79 Å². The smallest absolute Gasteiger partial charge is 0.258 e. The maximum Gasteiger partial charge on any atom is 0.258 e. The zero-order valence-electron chi connectivity index (χ0n) is 13.8. The Balaban J connectivity index is 1.88. The van der Waals surface area contributed by atoms with Crippen LogP contribution in [0.5, 0.6) is 11.5 Å². The van der Waals surface area contributed by atoms with Crippen LogP contribution in [0.25, 0.3) is 0 Å². The molecule has 122 valence electrons. The maximum absolute atomic E-state index is 12.0. The Labute approximate surface area is 137 Å². The number of hydrogen-bond acceptors (Lipinski definition) is 3. The summed E-state index contributed by atoms with van der Waals surface area (Å²) in [7, 11) is 1.62. The molecule has 2 aromatic carbocycles. The SMILES string of the molecule is CCc1ccc(OCC(=O)N[C@H](C)c2ccccc2OC)cc1. The molecule has 0 heterocycles. The van der Waals surface area contributed by atoms with E-state index in [2.05, 4.69) is 12.2 Å². The molecule has 1 N–H and O–H groups in total. The van der Waals surface area contributed by atoms with E-state index >= 15 is 0 Å². The van der Waals surface area contributed by atoms with E-state index < -0.39 is 0 Å². The Morgan fingerprint density at radius 2 is 1.83 bits per heavy atom. The molecular formula is C19H23NO3. The van der Waals surface area contributed by atoms with Crippen LogP contribution in [-0.4, -0.2) is 19.6 Å². The summed E-state index contributed by atoms with van der Waals surface area (Å²) in [4.78, 5) is 12.0. The van der Waals surface area contributed by atoms with Crippen molar-refractivity contribution in [2.24, 2.45) is 0 Å². The van der Waals surface area contributed by atoms with Crippen LogP contribution in [0.4, 0.5) is 0 Å². The summed E-state index contributed by atoms with van der Waals surface area (Å²) in [6, 6.07) is 15.3. The van der Waals surface area contributed by atoms with Crippen LogP contribution in [-0.2, 0) is 11.2 Å². The van der Waals surface area contributed by atoms with Crippen LogP contribution < -0.4 is 14.8 Å². The molecule has 23 heavy (non-hydrogen) atoms. The molecule has 0 saturated heterocycles. The van der Waals surface area contributed by atoms with Crippen LogP contribution in [0.2, 0.25) is 0 Å². The molecule has 2 aromatic rings. The predicted molar refractivity (Wildman–Crippen MR) is 90.9 cm³/mol. The summed E-state index contributed by atoms with van der Waals surface area (Å²) in [5.74, 6) is 1.29. The van der Waals surface area contributed by atoms with Gasteiger partial charge >= 0.3 is 0 Å². The molecular weight excluding hydrogens is 290 g/mol. The molecule has 4 nitrogen and oxygen atoms in total. The molecule has 0 spiro atoms. The Kier molecular flexibility index (Phi) is 6.03. The Bertz CT molecular complexity index is 637. The van der Waals surface area contributed by atoms with Crippen molar-refractivity contribution in [2.75, 3.05) is 13.7 Å². The number of hydrogen-bond donors (Lipinski definition) is 1. The van der Waals surface area contributed by atoms with Gasteiger partial charge in [-0.15, -0.1) is 0 Å². The van der Waals surface area contributed by atoms with Gasteiger partial charge in [0.25, 0.3) is 5.91 Å². The summed E-state index contributed by atoms with van der Waals surface area (Å²) in [5.41, 5.74) is 2.18. The molecule has 1 amide bonds. The fraction of sp³-hybridized carbons (Fsp3) is 0.316. The van der Waals surface area contributed by atoms with Crippen LogP contribution in [0.1, 0.15) is 31.0 Å². The summed E-state index contributed by atoms with van der Waals surface area (Å²) in [6.07, 6.45) is 0.983. The van der Waals surface area contributed by atoms with Gasteiger partial charge in [-0.3, -0.25) is 4.79 Å². The second-order valence-corrected chi connectivity index (χ2v) is 5.32. The van der Waals surface area contributed by atoms with E-state index in [-0.39, 0.29) is 18.6 Å². The van der Waals surface area contributed by atoms with E-state index in [1.54, 1.807) is 7.11 Å². The van der Waals surface area contributed by atoms with Gasteiger partial charge in [0.1, 0.15) is 11.5 Å². The molecule has 0 fully saturated rings. The molecule has 0 unspecified atom stereocenters. The lowest BCUT2D eigenvalue weighted by Gasteiger charge is -2.17. The quantitative estimate of drug-likeness (QED) is 0.851. The van der Waals surface area contributed by atoms with Gasteiger partial charge in [-0.25, -0.2) is 0 Å². The summed E-state index contributed by atoms with van der Waals surface area (Å²) < 4.78 is 10.8. The van der Waals surface area contributed by atoms with E-state index in [1.165, 1.54) is 5.56 Å². The number of carbonyl (C=O) groups is 1. The second-order valence-electron chi connectivity index (χ2n) is 5.32. The predicted octanol–water partition coefficient (Wildman–Crippen LogP) is 3.51. The summed E-state index contributed by atoms with van der Waals surface area (Å²) >= 11 is 0. The minimum atomic E-state index is -0.164. The zero-order valence-corrected chi connectivity index (χ0v) is 13.8. The molecule has 0 saturated carbocycles. The van der Waals surface area contributed by atoms with Crippen molar-refractivity contribution in [3.05, 3.63) is 59.7 Å². The molecule has 2 rings (SSSR count). The number of ether oxygens (including phenoxy) is 2. The molecule has 0 aliphatic heterocycles. The van der Waals surface area contributed by atoms with Gasteiger partial charge in [-0.1, -0.05) is 37.3 Å². The average Bonchev–Trinajstić information content (AvgIpc) is 2.60. The molecule has 0 aliphatic rings. The monoisotopic (exact) mass is 313 g/mol. The minimum absolute atomic E-state index is 0.00897. The highest BCUT2D eigenvalue weighted by Crippen LogP contribution is 2.24. The first kappa shape index (κ1) is 16.9. The lowest BCUT2D eigenvalue weighted by atomic mass is 10.1. The highest BCUT2D eigenvalue weighted by atomic mass is 16.5. The fourth-order valence-electron chi connectivity index (χ4n) is 2.36. The normalized spacial score (nSPS) is 11.6. The van der Waals surface area contributed by atoms with Crippen molar-refractivity contribution in [3.8, 4) is 11.5 Å². The van der Waals surface area contributed by atoms with E-state index in [0.29, 0.717) is 5.75 Å². The minimum Gasteiger partial charge on any atom is -0.496 e. The third-order valence-corrected chi connectivity index (χ3v) is 3.68. The number of benzene rings is 2. The van der Waals surface area contributed by atoms with Crippen molar-refractivity contribution >= 4 is 5.91 Å². The number of aryl methyl sites for hydroxylation is 1. The number of amides is 1. The Hall–Kier alpha value is -2.49. The van der Waals surface area contributed by atoms with Crippen molar-refractivity contribution in [1.82, 2.24) is 5.32 Å². The molecule has 0 aliphatic carbocycles. The first-order valence-corrected chi connectivity index (χ1v) is 7.78. The Morgan fingerprint density at radius 1 is 1.13 bits per heavy atom. The first-order valence-electron chi connectivity index (χ1n) is 7.78. The van der Waals surface area contributed by atoms with E-state index in [1.807, 2.05) is 55.5 Å². The second kappa shape index (κ2) is 8.22. The van der Waals surface area contributed by atoms with Crippen molar-refractivity contribution < 1.29 is 14.3 Å². The fourth-order valence-corrected chi connectivity index (χ4v) is 2.36. The van der Waals surface area contributed by atoms with Gasteiger partial charge in [0, 0.05) is 5.56 Å². The number of nitrogens with one attached hydrogen (secondary N) is 1.